The highest BCUT2D eigenvalue weighted by Gasteiger charge is 2.22. The molecule has 0 bridgehead atoms. The van der Waals surface area contributed by atoms with Crippen molar-refractivity contribution >= 4 is 35.3 Å². The average Bonchev–Trinajstić information content (AvgIpc) is 3.16. The lowest BCUT2D eigenvalue weighted by Crippen LogP contribution is -2.47. The molecule has 1 atom stereocenters. The zero-order valence-corrected chi connectivity index (χ0v) is 17.9. The summed E-state index contributed by atoms with van der Waals surface area (Å²) >= 11 is 1.20. The molecule has 1 heterocycles. The highest BCUT2D eigenvalue weighted by Crippen LogP contribution is 2.25. The second kappa shape index (κ2) is 10.2. The van der Waals surface area contributed by atoms with Crippen LogP contribution in [0, 0.1) is 0 Å². The van der Waals surface area contributed by atoms with Crippen molar-refractivity contribution in [2.75, 3.05) is 5.32 Å². The fraction of sp³-hybridized carbons (Fsp3) is 0.450. The lowest BCUT2D eigenvalue weighted by Gasteiger charge is -2.23. The van der Waals surface area contributed by atoms with Gasteiger partial charge in [-0.25, -0.2) is 4.79 Å². The number of carbonyl (C=O) groups is 3. The molecule has 30 heavy (non-hydrogen) atoms. The number of nitrogens with one attached hydrogen (secondary N) is 3. The maximum Gasteiger partial charge on any atom is 0.321 e. The highest BCUT2D eigenvalue weighted by molar-refractivity contribution is 8.00. The first kappa shape index (κ1) is 21.8. The molecular weight excluding hydrogens is 404 g/mol. The largest absolute Gasteiger partial charge is 0.335 e. The number of urea groups is 1. The summed E-state index contributed by atoms with van der Waals surface area (Å²) in [5, 5.41) is 16.0. The minimum absolute atomic E-state index is 0.133. The minimum Gasteiger partial charge on any atom is -0.335 e. The first-order chi connectivity index (χ1) is 14.4. The standard InChI is InChI=1S/C20H26N6O3S/c1-13(18(28)24-19(29)23-15-7-4-3-5-8-15)30-20-25-21-12-26(20)17-10-6-9-16(11-17)22-14(2)27/h6,9-13,15H,3-5,7-8H2,1-2H3,(H,22,27)(H2,23,24,28,29). The molecule has 3 rings (SSSR count). The molecule has 10 heteroatoms. The maximum absolute atomic E-state index is 12.4. The smallest absolute Gasteiger partial charge is 0.321 e. The molecule has 0 aliphatic heterocycles. The van der Waals surface area contributed by atoms with Gasteiger partial charge in [0.15, 0.2) is 5.16 Å². The van der Waals surface area contributed by atoms with Crippen LogP contribution < -0.4 is 16.0 Å². The molecule has 0 saturated heterocycles. The minimum atomic E-state index is -0.552. The van der Waals surface area contributed by atoms with Gasteiger partial charge in [0, 0.05) is 18.7 Å². The van der Waals surface area contributed by atoms with E-state index in [1.165, 1.54) is 31.4 Å². The molecule has 1 aliphatic carbocycles. The summed E-state index contributed by atoms with van der Waals surface area (Å²) in [6.45, 7) is 3.15. The molecule has 0 radical (unpaired) electrons. The van der Waals surface area contributed by atoms with E-state index in [0.717, 1.165) is 31.4 Å². The summed E-state index contributed by atoms with van der Waals surface area (Å²) in [4.78, 5) is 35.9. The number of carbonyl (C=O) groups excluding carboxylic acids is 3. The van der Waals surface area contributed by atoms with Crippen molar-refractivity contribution < 1.29 is 14.4 Å². The van der Waals surface area contributed by atoms with E-state index in [4.69, 9.17) is 0 Å². The third-order valence-corrected chi connectivity index (χ3v) is 5.85. The van der Waals surface area contributed by atoms with Gasteiger partial charge in [0.25, 0.3) is 0 Å². The summed E-state index contributed by atoms with van der Waals surface area (Å²) in [6.07, 6.45) is 6.84. The van der Waals surface area contributed by atoms with Crippen LogP contribution in [-0.2, 0) is 9.59 Å². The Labute approximate surface area is 179 Å². The lowest BCUT2D eigenvalue weighted by atomic mass is 9.96. The van der Waals surface area contributed by atoms with E-state index >= 15 is 0 Å². The van der Waals surface area contributed by atoms with E-state index in [9.17, 15) is 14.4 Å². The van der Waals surface area contributed by atoms with Crippen LogP contribution in [0.25, 0.3) is 5.69 Å². The zero-order valence-electron chi connectivity index (χ0n) is 17.1. The van der Waals surface area contributed by atoms with Gasteiger partial charge in [0.1, 0.15) is 6.33 Å². The predicted molar refractivity (Wildman–Crippen MR) is 115 cm³/mol. The van der Waals surface area contributed by atoms with Crippen LogP contribution in [0.3, 0.4) is 0 Å². The van der Waals surface area contributed by atoms with Gasteiger partial charge < -0.3 is 10.6 Å². The van der Waals surface area contributed by atoms with Crippen molar-refractivity contribution in [1.29, 1.82) is 0 Å². The number of hydrogen-bond donors (Lipinski definition) is 3. The van der Waals surface area contributed by atoms with Gasteiger partial charge in [-0.15, -0.1) is 10.2 Å². The second-order valence-electron chi connectivity index (χ2n) is 7.27. The number of nitrogens with zero attached hydrogens (tertiary/aromatic N) is 3. The van der Waals surface area contributed by atoms with Crippen LogP contribution in [0.5, 0.6) is 0 Å². The topological polar surface area (TPSA) is 118 Å². The van der Waals surface area contributed by atoms with E-state index in [1.807, 2.05) is 6.07 Å². The van der Waals surface area contributed by atoms with Crippen LogP contribution in [-0.4, -0.2) is 43.9 Å². The summed E-state index contributed by atoms with van der Waals surface area (Å²) in [5.41, 5.74) is 1.39. The van der Waals surface area contributed by atoms with Crippen LogP contribution in [0.15, 0.2) is 35.7 Å². The Kier molecular flexibility index (Phi) is 7.45. The summed E-state index contributed by atoms with van der Waals surface area (Å²) in [6, 6.07) is 6.90. The second-order valence-corrected chi connectivity index (χ2v) is 8.58. The van der Waals surface area contributed by atoms with Gasteiger partial charge in [0.2, 0.25) is 11.8 Å². The van der Waals surface area contributed by atoms with E-state index in [0.29, 0.717) is 10.8 Å². The number of aromatic nitrogens is 3. The van der Waals surface area contributed by atoms with E-state index in [-0.39, 0.29) is 11.9 Å². The molecule has 1 unspecified atom stereocenters. The molecule has 160 valence electrons. The third kappa shape index (κ3) is 6.06. The Hall–Kier alpha value is -2.88. The van der Waals surface area contributed by atoms with Crippen LogP contribution in [0.4, 0.5) is 10.5 Å². The molecule has 1 aliphatic rings. The monoisotopic (exact) mass is 430 g/mol. The SMILES string of the molecule is CC(=O)Nc1cccc(-n2cnnc2SC(C)C(=O)NC(=O)NC2CCCCC2)c1. The van der Waals surface area contributed by atoms with E-state index < -0.39 is 17.2 Å². The Morgan fingerprint density at radius 2 is 1.97 bits per heavy atom. The molecule has 1 fully saturated rings. The number of thioether (sulfide) groups is 1. The number of amides is 4. The molecule has 9 nitrogen and oxygen atoms in total. The Bertz CT molecular complexity index is 909. The summed E-state index contributed by atoms with van der Waals surface area (Å²) in [7, 11) is 0. The van der Waals surface area contributed by atoms with Crippen molar-refractivity contribution in [3.05, 3.63) is 30.6 Å². The molecule has 2 aromatic rings. The van der Waals surface area contributed by atoms with Crippen LogP contribution in [0.1, 0.15) is 46.0 Å². The molecule has 1 saturated carbocycles. The van der Waals surface area contributed by atoms with E-state index in [2.05, 4.69) is 26.1 Å². The van der Waals surface area contributed by atoms with Crippen molar-refractivity contribution in [2.45, 2.75) is 62.4 Å². The number of hydrogen-bond acceptors (Lipinski definition) is 6. The van der Waals surface area contributed by atoms with Crippen molar-refractivity contribution in [2.24, 2.45) is 0 Å². The van der Waals surface area contributed by atoms with Gasteiger partial charge in [-0.05, 0) is 38.0 Å². The summed E-state index contributed by atoms with van der Waals surface area (Å²) < 4.78 is 1.72. The normalized spacial score (nSPS) is 15.3. The van der Waals surface area contributed by atoms with Crippen molar-refractivity contribution in [1.82, 2.24) is 25.4 Å². The van der Waals surface area contributed by atoms with E-state index in [1.54, 1.807) is 29.7 Å². The average molecular weight is 431 g/mol. The van der Waals surface area contributed by atoms with Gasteiger partial charge in [0.05, 0.1) is 10.9 Å². The lowest BCUT2D eigenvalue weighted by molar-refractivity contribution is -0.119. The fourth-order valence-corrected chi connectivity index (χ4v) is 4.15. The molecule has 4 amide bonds. The van der Waals surface area contributed by atoms with Gasteiger partial charge in [-0.1, -0.05) is 37.1 Å². The molecule has 1 aromatic carbocycles. The third-order valence-electron chi connectivity index (χ3n) is 4.79. The quantitative estimate of drug-likeness (QED) is 0.607. The molecule has 1 aromatic heterocycles. The van der Waals surface area contributed by atoms with Gasteiger partial charge in [-0.2, -0.15) is 0 Å². The zero-order chi connectivity index (χ0) is 21.5. The highest BCUT2D eigenvalue weighted by atomic mass is 32.2. The van der Waals surface area contributed by atoms with Crippen LogP contribution in [0.2, 0.25) is 0 Å². The maximum atomic E-state index is 12.4. The molecule has 0 spiro atoms. The first-order valence-electron chi connectivity index (χ1n) is 9.98. The Morgan fingerprint density at radius 3 is 2.70 bits per heavy atom. The Morgan fingerprint density at radius 1 is 1.20 bits per heavy atom. The van der Waals surface area contributed by atoms with Crippen LogP contribution >= 0.6 is 11.8 Å². The fourth-order valence-electron chi connectivity index (χ4n) is 3.31. The van der Waals surface area contributed by atoms with Gasteiger partial charge in [-0.3, -0.25) is 19.5 Å². The van der Waals surface area contributed by atoms with Crippen molar-refractivity contribution in [3.8, 4) is 5.69 Å². The number of rotatable bonds is 6. The number of benzene rings is 1. The number of anilines is 1. The van der Waals surface area contributed by atoms with Gasteiger partial charge >= 0.3 is 6.03 Å². The number of imide groups is 1. The summed E-state index contributed by atoms with van der Waals surface area (Å²) in [5.74, 6) is -0.558. The Balaban J connectivity index is 1.60. The first-order valence-corrected chi connectivity index (χ1v) is 10.9. The molecule has 3 N–H and O–H groups in total. The predicted octanol–water partition coefficient (Wildman–Crippen LogP) is 2.86. The molecular formula is C20H26N6O3S. The van der Waals surface area contributed by atoms with Crippen molar-refractivity contribution in [3.63, 3.8) is 0 Å².